The number of nitrogens with zero attached hydrogens (tertiary/aromatic N) is 2. The number of hydrogen-bond donors (Lipinski definition) is 2. The first-order chi connectivity index (χ1) is 8.46. The van der Waals surface area contributed by atoms with Gasteiger partial charge in [-0.3, -0.25) is 4.72 Å². The smallest absolute Gasteiger partial charge is 0.240 e. The van der Waals surface area contributed by atoms with E-state index in [2.05, 4.69) is 20.0 Å². The SMILES string of the molecule is CNCCCS(=O)(=O)Nc1nc(C)cc(OC)n1. The summed E-state index contributed by atoms with van der Waals surface area (Å²) < 4.78 is 30.7. The quantitative estimate of drug-likeness (QED) is 0.687. The molecule has 1 heterocycles. The topological polar surface area (TPSA) is 93.2 Å². The first-order valence-electron chi connectivity index (χ1n) is 5.51. The van der Waals surface area contributed by atoms with Crippen LogP contribution in [0, 0.1) is 6.92 Å². The largest absolute Gasteiger partial charge is 0.481 e. The molecular formula is C10H18N4O3S. The van der Waals surface area contributed by atoms with Gasteiger partial charge in [-0.25, -0.2) is 13.4 Å². The maximum Gasteiger partial charge on any atom is 0.240 e. The van der Waals surface area contributed by atoms with Crippen LogP contribution in [0.1, 0.15) is 12.1 Å². The minimum absolute atomic E-state index is 0.0213. The lowest BCUT2D eigenvalue weighted by atomic mass is 10.4. The third-order valence-corrected chi connectivity index (χ3v) is 3.45. The van der Waals surface area contributed by atoms with Crippen LogP contribution in [0.5, 0.6) is 5.88 Å². The molecule has 0 aromatic carbocycles. The average molecular weight is 274 g/mol. The van der Waals surface area contributed by atoms with E-state index in [4.69, 9.17) is 4.74 Å². The van der Waals surface area contributed by atoms with Crippen LogP contribution in [0.4, 0.5) is 5.95 Å². The maximum absolute atomic E-state index is 11.7. The molecule has 0 saturated carbocycles. The van der Waals surface area contributed by atoms with Crippen molar-refractivity contribution in [3.8, 4) is 5.88 Å². The zero-order chi connectivity index (χ0) is 13.6. The number of ether oxygens (including phenoxy) is 1. The van der Waals surface area contributed by atoms with Crippen molar-refractivity contribution in [2.75, 3.05) is 31.2 Å². The number of aromatic nitrogens is 2. The summed E-state index contributed by atoms with van der Waals surface area (Å²) in [5.74, 6) is 0.389. The van der Waals surface area contributed by atoms with Crippen molar-refractivity contribution < 1.29 is 13.2 Å². The lowest BCUT2D eigenvalue weighted by molar-refractivity contribution is 0.397. The zero-order valence-electron chi connectivity index (χ0n) is 10.7. The summed E-state index contributed by atoms with van der Waals surface area (Å²) in [6.07, 6.45) is 0.523. The average Bonchev–Trinajstić information content (AvgIpc) is 2.27. The third kappa shape index (κ3) is 4.84. The highest BCUT2D eigenvalue weighted by molar-refractivity contribution is 7.92. The number of anilines is 1. The Labute approximate surface area is 107 Å². The number of nitrogens with one attached hydrogen (secondary N) is 2. The van der Waals surface area contributed by atoms with Gasteiger partial charge < -0.3 is 10.1 Å². The Morgan fingerprint density at radius 2 is 2.11 bits per heavy atom. The molecule has 8 heteroatoms. The summed E-state index contributed by atoms with van der Waals surface area (Å²) in [5.41, 5.74) is 0.634. The summed E-state index contributed by atoms with van der Waals surface area (Å²) in [6.45, 7) is 2.38. The van der Waals surface area contributed by atoms with Crippen molar-refractivity contribution in [2.45, 2.75) is 13.3 Å². The fraction of sp³-hybridized carbons (Fsp3) is 0.600. The molecule has 0 aliphatic rings. The van der Waals surface area contributed by atoms with E-state index in [1.54, 1.807) is 20.0 Å². The van der Waals surface area contributed by atoms with Gasteiger partial charge in [-0.05, 0) is 26.9 Å². The minimum Gasteiger partial charge on any atom is -0.481 e. The third-order valence-electron chi connectivity index (χ3n) is 2.13. The van der Waals surface area contributed by atoms with Gasteiger partial charge in [0.25, 0.3) is 0 Å². The molecule has 0 aliphatic carbocycles. The second-order valence-electron chi connectivity index (χ2n) is 3.75. The van der Waals surface area contributed by atoms with E-state index in [9.17, 15) is 8.42 Å². The second kappa shape index (κ2) is 6.50. The van der Waals surface area contributed by atoms with Gasteiger partial charge in [0.2, 0.25) is 21.9 Å². The van der Waals surface area contributed by atoms with Crippen LogP contribution in [-0.4, -0.2) is 44.8 Å². The molecule has 18 heavy (non-hydrogen) atoms. The fourth-order valence-corrected chi connectivity index (χ4v) is 2.31. The predicted octanol–water partition coefficient (Wildman–Crippen LogP) is 0.145. The van der Waals surface area contributed by atoms with Crippen LogP contribution >= 0.6 is 0 Å². The molecule has 0 atom stereocenters. The molecule has 7 nitrogen and oxygen atoms in total. The predicted molar refractivity (Wildman–Crippen MR) is 69.3 cm³/mol. The van der Waals surface area contributed by atoms with E-state index in [1.165, 1.54) is 7.11 Å². The lowest BCUT2D eigenvalue weighted by Crippen LogP contribution is -2.21. The summed E-state index contributed by atoms with van der Waals surface area (Å²) in [4.78, 5) is 7.92. The Kier molecular flexibility index (Phi) is 5.29. The lowest BCUT2D eigenvalue weighted by Gasteiger charge is -2.08. The molecule has 102 valence electrons. The van der Waals surface area contributed by atoms with Gasteiger partial charge in [0, 0.05) is 11.8 Å². The molecule has 1 aromatic rings. The van der Waals surface area contributed by atoms with E-state index >= 15 is 0 Å². The summed E-state index contributed by atoms with van der Waals surface area (Å²) >= 11 is 0. The Morgan fingerprint density at radius 3 is 2.72 bits per heavy atom. The molecule has 0 radical (unpaired) electrons. The van der Waals surface area contributed by atoms with Crippen LogP contribution < -0.4 is 14.8 Å². The van der Waals surface area contributed by atoms with Gasteiger partial charge >= 0.3 is 0 Å². The molecule has 0 fully saturated rings. The van der Waals surface area contributed by atoms with E-state index in [1.807, 2.05) is 0 Å². The Hall–Kier alpha value is -1.41. The summed E-state index contributed by atoms with van der Waals surface area (Å²) in [5, 5.41) is 2.89. The van der Waals surface area contributed by atoms with E-state index < -0.39 is 10.0 Å². The Bertz CT molecular complexity index is 490. The molecule has 1 rings (SSSR count). The summed E-state index contributed by atoms with van der Waals surface area (Å²) in [6, 6.07) is 1.62. The Balaban J connectivity index is 2.74. The van der Waals surface area contributed by atoms with Crippen molar-refractivity contribution in [1.29, 1.82) is 0 Å². The molecule has 0 bridgehead atoms. The van der Waals surface area contributed by atoms with Crippen molar-refractivity contribution in [3.63, 3.8) is 0 Å². The maximum atomic E-state index is 11.7. The molecule has 0 saturated heterocycles. The van der Waals surface area contributed by atoms with Crippen molar-refractivity contribution in [2.24, 2.45) is 0 Å². The number of aryl methyl sites for hydroxylation is 1. The number of rotatable bonds is 7. The first kappa shape index (κ1) is 14.7. The number of hydrogen-bond acceptors (Lipinski definition) is 6. The minimum atomic E-state index is -3.42. The van der Waals surface area contributed by atoms with Gasteiger partial charge in [-0.15, -0.1) is 0 Å². The highest BCUT2D eigenvalue weighted by Gasteiger charge is 2.12. The molecule has 0 amide bonds. The van der Waals surface area contributed by atoms with Crippen LogP contribution in [0.25, 0.3) is 0 Å². The number of sulfonamides is 1. The zero-order valence-corrected chi connectivity index (χ0v) is 11.5. The highest BCUT2D eigenvalue weighted by atomic mass is 32.2. The molecule has 2 N–H and O–H groups in total. The molecule has 0 aliphatic heterocycles. The van der Waals surface area contributed by atoms with Crippen molar-refractivity contribution in [1.82, 2.24) is 15.3 Å². The van der Waals surface area contributed by atoms with Crippen LogP contribution in [-0.2, 0) is 10.0 Å². The normalized spacial score (nSPS) is 11.3. The molecule has 0 spiro atoms. The molecule has 1 aromatic heterocycles. The fourth-order valence-electron chi connectivity index (χ4n) is 1.32. The van der Waals surface area contributed by atoms with Gasteiger partial charge in [0.05, 0.1) is 12.9 Å². The Morgan fingerprint density at radius 1 is 1.39 bits per heavy atom. The van der Waals surface area contributed by atoms with Crippen molar-refractivity contribution >= 4 is 16.0 Å². The van der Waals surface area contributed by atoms with Crippen molar-refractivity contribution in [3.05, 3.63) is 11.8 Å². The molecular weight excluding hydrogens is 256 g/mol. The highest BCUT2D eigenvalue weighted by Crippen LogP contribution is 2.12. The van der Waals surface area contributed by atoms with E-state index in [-0.39, 0.29) is 11.7 Å². The van der Waals surface area contributed by atoms with Crippen LogP contribution in [0.3, 0.4) is 0 Å². The second-order valence-corrected chi connectivity index (χ2v) is 5.60. The molecule has 0 unspecified atom stereocenters. The van der Waals surface area contributed by atoms with Gasteiger partial charge in [0.15, 0.2) is 0 Å². The van der Waals surface area contributed by atoms with E-state index in [0.29, 0.717) is 24.5 Å². The van der Waals surface area contributed by atoms with Crippen LogP contribution in [0.15, 0.2) is 6.07 Å². The number of methoxy groups -OCH3 is 1. The standard InChI is InChI=1S/C10H18N4O3S/c1-8-7-9(17-3)13-10(12-8)14-18(15,16)6-4-5-11-2/h7,11H,4-6H2,1-3H3,(H,12,13,14). The van der Waals surface area contributed by atoms with Gasteiger partial charge in [-0.2, -0.15) is 4.98 Å². The van der Waals surface area contributed by atoms with Gasteiger partial charge in [-0.1, -0.05) is 0 Å². The first-order valence-corrected chi connectivity index (χ1v) is 7.17. The van der Waals surface area contributed by atoms with Gasteiger partial charge in [0.1, 0.15) is 0 Å². The summed E-state index contributed by atoms with van der Waals surface area (Å²) in [7, 11) is -0.182. The van der Waals surface area contributed by atoms with E-state index in [0.717, 1.165) is 0 Å². The van der Waals surface area contributed by atoms with Crippen LogP contribution in [0.2, 0.25) is 0 Å². The monoisotopic (exact) mass is 274 g/mol.